The van der Waals surface area contributed by atoms with Crippen molar-refractivity contribution < 1.29 is 28.6 Å². The van der Waals surface area contributed by atoms with Crippen LogP contribution in [0.5, 0.6) is 0 Å². The van der Waals surface area contributed by atoms with Crippen molar-refractivity contribution >= 4 is 17.9 Å². The Bertz CT molecular complexity index is 966. The van der Waals surface area contributed by atoms with Gasteiger partial charge in [-0.1, -0.05) is 291 Å². The van der Waals surface area contributed by atoms with Crippen molar-refractivity contribution in [3.63, 3.8) is 0 Å². The van der Waals surface area contributed by atoms with Crippen LogP contribution >= 0.6 is 0 Å². The van der Waals surface area contributed by atoms with Gasteiger partial charge in [-0.05, 0) is 25.2 Å². The summed E-state index contributed by atoms with van der Waals surface area (Å²) in [6, 6.07) is 0. The molecule has 6 nitrogen and oxygen atoms in total. The predicted octanol–water partition coefficient (Wildman–Crippen LogP) is 19.0. The molecule has 0 aromatic heterocycles. The minimum Gasteiger partial charge on any atom is -0.462 e. The molecule has 380 valence electrons. The fourth-order valence-electron chi connectivity index (χ4n) is 8.89. The van der Waals surface area contributed by atoms with Gasteiger partial charge >= 0.3 is 17.9 Å². The molecule has 0 spiro atoms. The molecule has 0 saturated heterocycles. The summed E-state index contributed by atoms with van der Waals surface area (Å²) >= 11 is 0. The van der Waals surface area contributed by atoms with Crippen LogP contribution in [0.1, 0.15) is 329 Å². The molecule has 0 aliphatic rings. The molecule has 0 saturated carbocycles. The van der Waals surface area contributed by atoms with Crippen molar-refractivity contribution in [1.29, 1.82) is 0 Å². The second kappa shape index (κ2) is 52.4. The molecule has 64 heavy (non-hydrogen) atoms. The smallest absolute Gasteiger partial charge is 0.306 e. The van der Waals surface area contributed by atoms with Gasteiger partial charge in [0.05, 0.1) is 0 Å². The predicted molar refractivity (Wildman–Crippen MR) is 275 cm³/mol. The minimum absolute atomic E-state index is 0.0619. The Morgan fingerprint density at radius 3 is 0.812 bits per heavy atom. The fourth-order valence-corrected chi connectivity index (χ4v) is 8.89. The van der Waals surface area contributed by atoms with E-state index in [-0.39, 0.29) is 31.1 Å². The molecule has 0 bridgehead atoms. The van der Waals surface area contributed by atoms with E-state index in [0.29, 0.717) is 19.3 Å². The van der Waals surface area contributed by atoms with Crippen molar-refractivity contribution in [2.24, 2.45) is 5.92 Å². The molecule has 0 N–H and O–H groups in total. The molecule has 0 aliphatic heterocycles. The average molecular weight is 906 g/mol. The van der Waals surface area contributed by atoms with Crippen LogP contribution < -0.4 is 0 Å². The van der Waals surface area contributed by atoms with Crippen molar-refractivity contribution in [1.82, 2.24) is 0 Å². The van der Waals surface area contributed by atoms with Gasteiger partial charge in [0.25, 0.3) is 0 Å². The van der Waals surface area contributed by atoms with Crippen molar-refractivity contribution in [2.75, 3.05) is 13.2 Å². The van der Waals surface area contributed by atoms with E-state index in [2.05, 4.69) is 27.7 Å². The van der Waals surface area contributed by atoms with Crippen molar-refractivity contribution in [2.45, 2.75) is 336 Å². The zero-order valence-corrected chi connectivity index (χ0v) is 43.8. The highest BCUT2D eigenvalue weighted by Gasteiger charge is 2.19. The van der Waals surface area contributed by atoms with Crippen LogP contribution in [-0.4, -0.2) is 37.2 Å². The molecule has 2 atom stereocenters. The molecule has 0 heterocycles. The van der Waals surface area contributed by atoms with E-state index >= 15 is 0 Å². The Labute approximate surface area is 399 Å². The van der Waals surface area contributed by atoms with E-state index in [9.17, 15) is 14.4 Å². The van der Waals surface area contributed by atoms with Crippen LogP contribution in [0.25, 0.3) is 0 Å². The molecular weight excluding hydrogens is 793 g/mol. The summed E-state index contributed by atoms with van der Waals surface area (Å²) in [6.07, 6.45) is 56.6. The average Bonchev–Trinajstić information content (AvgIpc) is 3.29. The van der Waals surface area contributed by atoms with Gasteiger partial charge in [-0.2, -0.15) is 0 Å². The van der Waals surface area contributed by atoms with E-state index in [4.69, 9.17) is 14.2 Å². The minimum atomic E-state index is -0.761. The number of ether oxygens (including phenoxy) is 3. The Balaban J connectivity index is 4.21. The third-order valence-corrected chi connectivity index (χ3v) is 13.7. The van der Waals surface area contributed by atoms with Gasteiger partial charge < -0.3 is 14.2 Å². The molecule has 6 heteroatoms. The molecule has 0 amide bonds. The van der Waals surface area contributed by atoms with Crippen molar-refractivity contribution in [3.05, 3.63) is 0 Å². The number of hydrogen-bond donors (Lipinski definition) is 0. The maximum absolute atomic E-state index is 12.8. The highest BCUT2D eigenvalue weighted by atomic mass is 16.6. The zero-order chi connectivity index (χ0) is 46.7. The van der Waals surface area contributed by atoms with Gasteiger partial charge in [0.2, 0.25) is 0 Å². The molecule has 0 fully saturated rings. The molecular formula is C58H112O6. The van der Waals surface area contributed by atoms with E-state index in [1.807, 2.05) is 0 Å². The molecule has 0 aromatic carbocycles. The topological polar surface area (TPSA) is 78.9 Å². The van der Waals surface area contributed by atoms with E-state index in [1.54, 1.807) is 0 Å². The van der Waals surface area contributed by atoms with Crippen molar-refractivity contribution in [3.8, 4) is 0 Å². The Kier molecular flexibility index (Phi) is 51.1. The Morgan fingerprint density at radius 1 is 0.312 bits per heavy atom. The highest BCUT2D eigenvalue weighted by molar-refractivity contribution is 5.71. The number of carbonyl (C=O) groups excluding carboxylic acids is 3. The summed E-state index contributed by atoms with van der Waals surface area (Å²) in [6.45, 7) is 9.09. The number of esters is 3. The first-order valence-electron chi connectivity index (χ1n) is 28.9. The molecule has 1 unspecified atom stereocenters. The third-order valence-electron chi connectivity index (χ3n) is 13.7. The monoisotopic (exact) mass is 905 g/mol. The van der Waals surface area contributed by atoms with Gasteiger partial charge in [0, 0.05) is 19.3 Å². The lowest BCUT2D eigenvalue weighted by Gasteiger charge is -2.18. The quantitative estimate of drug-likeness (QED) is 0.0344. The van der Waals surface area contributed by atoms with Gasteiger partial charge in [-0.15, -0.1) is 0 Å². The summed E-state index contributed by atoms with van der Waals surface area (Å²) in [5.74, 6) is 0.0720. The highest BCUT2D eigenvalue weighted by Crippen LogP contribution is 2.18. The summed E-state index contributed by atoms with van der Waals surface area (Å²) in [7, 11) is 0. The number of carbonyl (C=O) groups is 3. The van der Waals surface area contributed by atoms with Crippen LogP contribution in [-0.2, 0) is 28.6 Å². The summed E-state index contributed by atoms with van der Waals surface area (Å²) < 4.78 is 16.9. The van der Waals surface area contributed by atoms with E-state index in [0.717, 1.165) is 63.7 Å². The number of hydrogen-bond acceptors (Lipinski definition) is 6. The second-order valence-electron chi connectivity index (χ2n) is 20.2. The maximum atomic E-state index is 12.8. The fraction of sp³-hybridized carbons (Fsp3) is 0.948. The molecule has 0 aromatic rings. The SMILES string of the molecule is CCCCCCCCCCCCCCCC(=O)OC[C@@H](COC(=O)CCCCCCCCCCCCC)OC(=O)CCCCCCCCCCCCCCCCCCCCC(C)CC. The number of unbranched alkanes of at least 4 members (excludes halogenated alkanes) is 39. The van der Waals surface area contributed by atoms with Crippen LogP contribution in [0, 0.1) is 5.92 Å². The second-order valence-corrected chi connectivity index (χ2v) is 20.2. The molecule has 0 rings (SSSR count). The lowest BCUT2D eigenvalue weighted by atomic mass is 9.99. The lowest BCUT2D eigenvalue weighted by molar-refractivity contribution is -0.167. The first-order valence-corrected chi connectivity index (χ1v) is 28.9. The largest absolute Gasteiger partial charge is 0.462 e. The van der Waals surface area contributed by atoms with Crippen LogP contribution in [0.4, 0.5) is 0 Å². The van der Waals surface area contributed by atoms with Crippen LogP contribution in [0.2, 0.25) is 0 Å². The Morgan fingerprint density at radius 2 is 0.547 bits per heavy atom. The van der Waals surface area contributed by atoms with Gasteiger partial charge in [-0.25, -0.2) is 0 Å². The Hall–Kier alpha value is -1.59. The van der Waals surface area contributed by atoms with Crippen LogP contribution in [0.15, 0.2) is 0 Å². The first kappa shape index (κ1) is 62.4. The van der Waals surface area contributed by atoms with Gasteiger partial charge in [-0.3, -0.25) is 14.4 Å². The first-order chi connectivity index (χ1) is 31.4. The number of rotatable bonds is 53. The standard InChI is InChI=1S/C58H112O6/c1-5-8-10-12-14-16-18-25-30-34-38-42-46-50-57(60)63-53-55(52-62-56(59)49-45-41-37-33-28-17-15-13-11-9-6-2)64-58(61)51-47-43-39-35-31-27-24-22-20-19-21-23-26-29-32-36-40-44-48-54(4)7-3/h54-55H,5-53H2,1-4H3/t54?,55-/m1/s1. The third kappa shape index (κ3) is 49.8. The summed E-state index contributed by atoms with van der Waals surface area (Å²) in [5, 5.41) is 0. The zero-order valence-electron chi connectivity index (χ0n) is 43.8. The normalized spacial score (nSPS) is 12.4. The summed E-state index contributed by atoms with van der Waals surface area (Å²) in [5.41, 5.74) is 0. The molecule has 0 radical (unpaired) electrons. The van der Waals surface area contributed by atoms with Gasteiger partial charge in [0.1, 0.15) is 13.2 Å². The van der Waals surface area contributed by atoms with E-state index in [1.165, 1.54) is 225 Å². The molecule has 0 aliphatic carbocycles. The summed E-state index contributed by atoms with van der Waals surface area (Å²) in [4.78, 5) is 38.0. The van der Waals surface area contributed by atoms with E-state index < -0.39 is 6.10 Å². The maximum Gasteiger partial charge on any atom is 0.306 e. The van der Waals surface area contributed by atoms with Crippen LogP contribution in [0.3, 0.4) is 0 Å². The van der Waals surface area contributed by atoms with Gasteiger partial charge in [0.15, 0.2) is 6.10 Å². The lowest BCUT2D eigenvalue weighted by Crippen LogP contribution is -2.30.